The van der Waals surface area contributed by atoms with Gasteiger partial charge in [-0.15, -0.1) is 10.2 Å². The lowest BCUT2D eigenvalue weighted by Gasteiger charge is -2.22. The van der Waals surface area contributed by atoms with Crippen molar-refractivity contribution in [2.45, 2.75) is 49.8 Å². The molecule has 2 aromatic rings. The lowest BCUT2D eigenvalue weighted by atomic mass is 9.95. The first kappa shape index (κ1) is 20.7. The Kier molecular flexibility index (Phi) is 7.33. The topological polar surface area (TPSA) is 88.9 Å². The summed E-state index contributed by atoms with van der Waals surface area (Å²) in [6.45, 7) is 0.225. The zero-order chi connectivity index (χ0) is 19.9. The quantitative estimate of drug-likeness (QED) is 0.671. The van der Waals surface area contributed by atoms with Crippen molar-refractivity contribution < 1.29 is 9.59 Å². The van der Waals surface area contributed by atoms with Gasteiger partial charge in [0, 0.05) is 13.1 Å². The van der Waals surface area contributed by atoms with Crippen molar-refractivity contribution >= 4 is 35.2 Å². The average Bonchev–Trinajstić information content (AvgIpc) is 3.05. The number of amides is 2. The Hall–Kier alpha value is -2.06. The molecule has 9 heteroatoms. The van der Waals surface area contributed by atoms with Crippen LogP contribution in [0.2, 0.25) is 5.02 Å². The SMILES string of the molecule is Cn1c(CNC(=O)c2ccccc2Cl)nnc1SCC(=O)NC1CCCCC1. The second-order valence-electron chi connectivity index (χ2n) is 6.81. The van der Waals surface area contributed by atoms with Crippen LogP contribution in [0.3, 0.4) is 0 Å². The standard InChI is InChI=1S/C19H24ClN5O2S/c1-25-16(11-21-18(27)14-9-5-6-10-15(14)20)23-24-19(25)28-12-17(26)22-13-7-3-2-4-8-13/h5-6,9-10,13H,2-4,7-8,11-12H2,1H3,(H,21,27)(H,22,26). The number of carbonyl (C=O) groups excluding carboxylic acids is 2. The molecule has 0 aliphatic heterocycles. The molecule has 0 radical (unpaired) electrons. The maximum absolute atomic E-state index is 12.2. The van der Waals surface area contributed by atoms with Gasteiger partial charge in [0.25, 0.3) is 5.91 Å². The largest absolute Gasteiger partial charge is 0.353 e. The minimum Gasteiger partial charge on any atom is -0.353 e. The number of nitrogens with zero attached hydrogens (tertiary/aromatic N) is 3. The van der Waals surface area contributed by atoms with E-state index in [0.29, 0.717) is 33.4 Å². The van der Waals surface area contributed by atoms with Gasteiger partial charge in [0.15, 0.2) is 11.0 Å². The molecule has 1 aromatic heterocycles. The van der Waals surface area contributed by atoms with Crippen LogP contribution in [0.15, 0.2) is 29.4 Å². The van der Waals surface area contributed by atoms with Gasteiger partial charge in [-0.1, -0.05) is 54.8 Å². The van der Waals surface area contributed by atoms with Crippen LogP contribution in [0.25, 0.3) is 0 Å². The van der Waals surface area contributed by atoms with E-state index in [1.807, 2.05) is 7.05 Å². The number of hydrogen-bond donors (Lipinski definition) is 2. The highest BCUT2D eigenvalue weighted by Crippen LogP contribution is 2.19. The van der Waals surface area contributed by atoms with E-state index in [2.05, 4.69) is 20.8 Å². The number of nitrogens with one attached hydrogen (secondary N) is 2. The van der Waals surface area contributed by atoms with Crippen molar-refractivity contribution in [1.82, 2.24) is 25.4 Å². The second kappa shape index (κ2) is 9.93. The van der Waals surface area contributed by atoms with E-state index >= 15 is 0 Å². The molecule has 0 unspecified atom stereocenters. The van der Waals surface area contributed by atoms with E-state index in [9.17, 15) is 9.59 Å². The smallest absolute Gasteiger partial charge is 0.253 e. The van der Waals surface area contributed by atoms with Gasteiger partial charge in [-0.05, 0) is 25.0 Å². The van der Waals surface area contributed by atoms with Crippen LogP contribution in [0.5, 0.6) is 0 Å². The van der Waals surface area contributed by atoms with E-state index in [-0.39, 0.29) is 18.4 Å². The van der Waals surface area contributed by atoms with E-state index in [0.717, 1.165) is 12.8 Å². The summed E-state index contributed by atoms with van der Waals surface area (Å²) in [5.41, 5.74) is 0.417. The first-order chi connectivity index (χ1) is 13.5. The fraction of sp³-hybridized carbons (Fsp3) is 0.474. The molecule has 1 fully saturated rings. The lowest BCUT2D eigenvalue weighted by molar-refractivity contribution is -0.119. The highest BCUT2D eigenvalue weighted by molar-refractivity contribution is 7.99. The molecule has 0 spiro atoms. The zero-order valence-electron chi connectivity index (χ0n) is 15.8. The monoisotopic (exact) mass is 421 g/mol. The molecule has 28 heavy (non-hydrogen) atoms. The Morgan fingerprint density at radius 2 is 1.96 bits per heavy atom. The summed E-state index contributed by atoms with van der Waals surface area (Å²) in [6.07, 6.45) is 5.76. The first-order valence-corrected chi connectivity index (χ1v) is 10.7. The Balaban J connectivity index is 1.48. The molecule has 0 atom stereocenters. The van der Waals surface area contributed by atoms with Crippen LogP contribution in [0, 0.1) is 0 Å². The fourth-order valence-electron chi connectivity index (χ4n) is 3.17. The lowest BCUT2D eigenvalue weighted by Crippen LogP contribution is -2.37. The summed E-state index contributed by atoms with van der Waals surface area (Å²) in [4.78, 5) is 24.4. The van der Waals surface area contributed by atoms with Crippen molar-refractivity contribution in [2.24, 2.45) is 7.05 Å². The van der Waals surface area contributed by atoms with Gasteiger partial charge in [-0.25, -0.2) is 0 Å². The number of hydrogen-bond acceptors (Lipinski definition) is 5. The third-order valence-electron chi connectivity index (χ3n) is 4.75. The zero-order valence-corrected chi connectivity index (χ0v) is 17.4. The molecule has 0 saturated heterocycles. The van der Waals surface area contributed by atoms with Gasteiger partial charge in [-0.2, -0.15) is 0 Å². The Labute approximate surface area is 173 Å². The van der Waals surface area contributed by atoms with Gasteiger partial charge in [-0.3, -0.25) is 9.59 Å². The van der Waals surface area contributed by atoms with Crippen molar-refractivity contribution in [3.05, 3.63) is 40.7 Å². The molecule has 150 valence electrons. The number of rotatable bonds is 7. The van der Waals surface area contributed by atoms with Gasteiger partial charge in [0.2, 0.25) is 5.91 Å². The maximum Gasteiger partial charge on any atom is 0.253 e. The van der Waals surface area contributed by atoms with Crippen LogP contribution >= 0.6 is 23.4 Å². The van der Waals surface area contributed by atoms with Gasteiger partial charge in [0.05, 0.1) is 22.9 Å². The molecule has 1 saturated carbocycles. The van der Waals surface area contributed by atoms with E-state index < -0.39 is 0 Å². The van der Waals surface area contributed by atoms with E-state index in [4.69, 9.17) is 11.6 Å². The van der Waals surface area contributed by atoms with Crippen molar-refractivity contribution in [1.29, 1.82) is 0 Å². The summed E-state index contributed by atoms with van der Waals surface area (Å²) in [6, 6.07) is 7.18. The third kappa shape index (κ3) is 5.48. The average molecular weight is 422 g/mol. The number of carbonyl (C=O) groups is 2. The summed E-state index contributed by atoms with van der Waals surface area (Å²) in [5, 5.41) is 15.2. The Bertz CT molecular complexity index is 835. The summed E-state index contributed by atoms with van der Waals surface area (Å²) in [5.74, 6) is 0.660. The molecule has 0 bridgehead atoms. The van der Waals surface area contributed by atoms with E-state index in [1.54, 1.807) is 28.8 Å². The fourth-order valence-corrected chi connectivity index (χ4v) is 4.13. The highest BCUT2D eigenvalue weighted by Gasteiger charge is 2.17. The van der Waals surface area contributed by atoms with Crippen molar-refractivity contribution in [3.8, 4) is 0 Å². The molecule has 7 nitrogen and oxygen atoms in total. The molecular formula is C19H24ClN5O2S. The maximum atomic E-state index is 12.2. The summed E-state index contributed by atoms with van der Waals surface area (Å²) < 4.78 is 1.78. The Morgan fingerprint density at radius 1 is 1.21 bits per heavy atom. The molecule has 1 heterocycles. The predicted molar refractivity (Wildman–Crippen MR) is 109 cm³/mol. The minimum absolute atomic E-state index is 0.0217. The summed E-state index contributed by atoms with van der Waals surface area (Å²) >= 11 is 7.38. The molecule has 1 aromatic carbocycles. The van der Waals surface area contributed by atoms with Gasteiger partial charge >= 0.3 is 0 Å². The summed E-state index contributed by atoms with van der Waals surface area (Å²) in [7, 11) is 1.82. The van der Waals surface area contributed by atoms with Crippen molar-refractivity contribution in [2.75, 3.05) is 5.75 Å². The van der Waals surface area contributed by atoms with Gasteiger partial charge < -0.3 is 15.2 Å². The number of halogens is 1. The number of benzene rings is 1. The van der Waals surface area contributed by atoms with Crippen LogP contribution < -0.4 is 10.6 Å². The second-order valence-corrected chi connectivity index (χ2v) is 8.16. The Morgan fingerprint density at radius 3 is 2.71 bits per heavy atom. The van der Waals surface area contributed by atoms with Crippen LogP contribution in [-0.4, -0.2) is 38.4 Å². The molecule has 1 aliphatic rings. The number of aromatic nitrogens is 3. The third-order valence-corrected chi connectivity index (χ3v) is 6.10. The normalized spacial score (nSPS) is 14.6. The molecular weight excluding hydrogens is 398 g/mol. The first-order valence-electron chi connectivity index (χ1n) is 9.37. The van der Waals surface area contributed by atoms with Crippen LogP contribution in [0.4, 0.5) is 0 Å². The van der Waals surface area contributed by atoms with Gasteiger partial charge in [0.1, 0.15) is 0 Å². The molecule has 3 rings (SSSR count). The van der Waals surface area contributed by atoms with E-state index in [1.165, 1.54) is 31.0 Å². The highest BCUT2D eigenvalue weighted by atomic mass is 35.5. The van der Waals surface area contributed by atoms with Crippen LogP contribution in [0.1, 0.15) is 48.3 Å². The van der Waals surface area contributed by atoms with Crippen molar-refractivity contribution in [3.63, 3.8) is 0 Å². The molecule has 2 amide bonds. The van der Waals surface area contributed by atoms with Crippen LogP contribution in [-0.2, 0) is 18.4 Å². The molecule has 2 N–H and O–H groups in total. The number of thioether (sulfide) groups is 1. The minimum atomic E-state index is -0.269. The molecule has 1 aliphatic carbocycles. The predicted octanol–water partition coefficient (Wildman–Crippen LogP) is 2.94.